The van der Waals surface area contributed by atoms with Gasteiger partial charge in [0.15, 0.2) is 5.43 Å². The number of hydrogen-bond acceptors (Lipinski definition) is 7. The lowest BCUT2D eigenvalue weighted by molar-refractivity contribution is 0.171. The third-order valence-electron chi connectivity index (χ3n) is 6.05. The molecule has 7 nitrogen and oxygen atoms in total. The van der Waals surface area contributed by atoms with Gasteiger partial charge >= 0.3 is 0 Å². The molecule has 0 unspecified atom stereocenters. The number of likely N-dealkylation sites (N-methyl/N-ethyl adjacent to an activating group) is 1. The van der Waals surface area contributed by atoms with E-state index in [-0.39, 0.29) is 24.0 Å². The van der Waals surface area contributed by atoms with Crippen LogP contribution >= 0.6 is 11.6 Å². The summed E-state index contributed by atoms with van der Waals surface area (Å²) in [6.07, 6.45) is 0.788. The number of halogens is 1. The molecule has 164 valence electrons. The maximum absolute atomic E-state index is 13.2. The Morgan fingerprint density at radius 1 is 1.23 bits per heavy atom. The number of aliphatic hydroxyl groups excluding tert-OH is 1. The lowest BCUT2D eigenvalue weighted by Gasteiger charge is -2.25. The lowest BCUT2D eigenvalue weighted by atomic mass is 9.89. The minimum Gasteiger partial charge on any atom is -0.496 e. The number of nitrogens with zero attached hydrogens (tertiary/aromatic N) is 1. The van der Waals surface area contributed by atoms with E-state index in [4.69, 9.17) is 31.2 Å². The van der Waals surface area contributed by atoms with Gasteiger partial charge in [0.2, 0.25) is 0 Å². The zero-order valence-corrected chi connectivity index (χ0v) is 18.4. The van der Waals surface area contributed by atoms with Crippen LogP contribution in [0.15, 0.2) is 39.5 Å². The molecule has 8 heteroatoms. The largest absolute Gasteiger partial charge is 0.496 e. The van der Waals surface area contributed by atoms with E-state index in [1.807, 2.05) is 7.05 Å². The second kappa shape index (κ2) is 8.42. The van der Waals surface area contributed by atoms with E-state index in [1.165, 1.54) is 13.2 Å². The fraction of sp³-hybridized carbons (Fsp3) is 0.348. The molecular formula is C23H25ClN2O5. The van der Waals surface area contributed by atoms with Gasteiger partial charge in [-0.2, -0.15) is 0 Å². The van der Waals surface area contributed by atoms with Crippen LogP contribution < -0.4 is 20.6 Å². The number of benzene rings is 2. The topological polar surface area (TPSA) is 98.2 Å². The fourth-order valence-corrected chi connectivity index (χ4v) is 4.74. The van der Waals surface area contributed by atoms with Gasteiger partial charge in [0.05, 0.1) is 25.8 Å². The van der Waals surface area contributed by atoms with Crippen molar-refractivity contribution < 1.29 is 19.0 Å². The molecule has 1 aliphatic rings. The number of nitrogen functional groups attached to an aromatic ring is 1. The molecule has 4 rings (SSSR count). The Balaban J connectivity index is 2.06. The van der Waals surface area contributed by atoms with E-state index in [0.717, 1.165) is 18.5 Å². The normalized spacial score (nSPS) is 19.1. The number of ether oxygens (including phenoxy) is 2. The van der Waals surface area contributed by atoms with Crippen molar-refractivity contribution in [2.75, 3.05) is 40.2 Å². The standard InChI is InChI=1S/C23H25ClN2O5/c1-26-7-6-14(16(26)11-27)21-19(29-2)10-20(30-3)22-17(28)9-18(31-23(21)22)13-5-4-12(25)8-15(13)24/h4-5,8-10,14,16,27H,6-7,11,25H2,1-3H3/t14-,16+/m1/s1. The van der Waals surface area contributed by atoms with Crippen molar-refractivity contribution in [2.45, 2.75) is 18.4 Å². The van der Waals surface area contributed by atoms with Crippen LogP contribution in [0.5, 0.6) is 11.5 Å². The Hall–Kier alpha value is -2.74. The number of hydrogen-bond donors (Lipinski definition) is 2. The van der Waals surface area contributed by atoms with Gasteiger partial charge in [-0.1, -0.05) is 11.6 Å². The summed E-state index contributed by atoms with van der Waals surface area (Å²) in [6, 6.07) is 8.02. The van der Waals surface area contributed by atoms with Gasteiger partial charge in [0, 0.05) is 40.9 Å². The van der Waals surface area contributed by atoms with Crippen LogP contribution in [0.1, 0.15) is 17.9 Å². The number of nitrogens with two attached hydrogens (primary N) is 1. The van der Waals surface area contributed by atoms with Gasteiger partial charge in [-0.25, -0.2) is 0 Å². The molecule has 31 heavy (non-hydrogen) atoms. The molecule has 0 amide bonds. The van der Waals surface area contributed by atoms with E-state index in [1.54, 1.807) is 31.4 Å². The molecule has 1 saturated heterocycles. The summed E-state index contributed by atoms with van der Waals surface area (Å²) in [4.78, 5) is 15.3. The Kier molecular flexibility index (Phi) is 5.83. The predicted octanol–water partition coefficient (Wildman–Crippen LogP) is 3.49. The number of likely N-dealkylation sites (tertiary alicyclic amines) is 1. The molecule has 0 aliphatic carbocycles. The van der Waals surface area contributed by atoms with Crippen LogP contribution in [0, 0.1) is 0 Å². The van der Waals surface area contributed by atoms with Crippen LogP contribution in [0.2, 0.25) is 5.02 Å². The molecule has 3 aromatic rings. The second-order valence-corrected chi connectivity index (χ2v) is 8.15. The molecule has 2 heterocycles. The Bertz CT molecular complexity index is 1190. The minimum absolute atomic E-state index is 0.0223. The maximum atomic E-state index is 13.2. The van der Waals surface area contributed by atoms with Crippen molar-refractivity contribution in [1.29, 1.82) is 0 Å². The molecule has 0 saturated carbocycles. The molecule has 1 aliphatic heterocycles. The highest BCUT2D eigenvalue weighted by Gasteiger charge is 2.37. The third-order valence-corrected chi connectivity index (χ3v) is 6.36. The second-order valence-electron chi connectivity index (χ2n) is 7.74. The van der Waals surface area contributed by atoms with Crippen LogP contribution in [0.4, 0.5) is 5.69 Å². The monoisotopic (exact) mass is 444 g/mol. The summed E-state index contributed by atoms with van der Waals surface area (Å²) < 4.78 is 17.5. The summed E-state index contributed by atoms with van der Waals surface area (Å²) in [7, 11) is 5.03. The number of methoxy groups -OCH3 is 2. The van der Waals surface area contributed by atoms with Crippen LogP contribution in [0.25, 0.3) is 22.3 Å². The number of fused-ring (bicyclic) bond motifs is 1. The SMILES string of the molecule is COc1cc(OC)c2c(=O)cc(-c3ccc(N)cc3Cl)oc2c1[C@@H]1CCN(C)[C@H]1CO. The fourth-order valence-electron chi connectivity index (χ4n) is 4.45. The van der Waals surface area contributed by atoms with Crippen molar-refractivity contribution in [1.82, 2.24) is 4.90 Å². The molecule has 0 bridgehead atoms. The van der Waals surface area contributed by atoms with Gasteiger partial charge < -0.3 is 29.6 Å². The quantitative estimate of drug-likeness (QED) is 0.581. The Morgan fingerprint density at radius 2 is 1.97 bits per heavy atom. The molecular weight excluding hydrogens is 420 g/mol. The van der Waals surface area contributed by atoms with Crippen molar-refractivity contribution >= 4 is 28.3 Å². The van der Waals surface area contributed by atoms with E-state index >= 15 is 0 Å². The predicted molar refractivity (Wildman–Crippen MR) is 121 cm³/mol. The molecule has 0 spiro atoms. The van der Waals surface area contributed by atoms with Crippen LogP contribution in [-0.4, -0.2) is 50.5 Å². The number of aliphatic hydroxyl groups is 1. The van der Waals surface area contributed by atoms with Crippen molar-refractivity contribution in [3.63, 3.8) is 0 Å². The van der Waals surface area contributed by atoms with Crippen LogP contribution in [-0.2, 0) is 0 Å². The Morgan fingerprint density at radius 3 is 2.61 bits per heavy atom. The maximum Gasteiger partial charge on any atom is 0.197 e. The average Bonchev–Trinajstić information content (AvgIpc) is 3.12. The smallest absolute Gasteiger partial charge is 0.197 e. The Labute approximate surface area is 184 Å². The van der Waals surface area contributed by atoms with Gasteiger partial charge in [0.25, 0.3) is 0 Å². The van der Waals surface area contributed by atoms with Gasteiger partial charge in [-0.15, -0.1) is 0 Å². The first-order chi connectivity index (χ1) is 14.9. The first-order valence-corrected chi connectivity index (χ1v) is 10.4. The molecule has 3 N–H and O–H groups in total. The molecule has 1 fully saturated rings. The minimum atomic E-state index is -0.253. The molecule has 0 radical (unpaired) electrons. The average molecular weight is 445 g/mol. The van der Waals surface area contributed by atoms with Gasteiger partial charge in [0.1, 0.15) is 28.2 Å². The number of rotatable bonds is 5. The first kappa shape index (κ1) is 21.5. The highest BCUT2D eigenvalue weighted by atomic mass is 35.5. The molecule has 1 aromatic heterocycles. The summed E-state index contributed by atoms with van der Waals surface area (Å²) >= 11 is 6.39. The van der Waals surface area contributed by atoms with Crippen molar-refractivity contribution in [3.8, 4) is 22.8 Å². The van der Waals surface area contributed by atoms with E-state index in [0.29, 0.717) is 44.5 Å². The van der Waals surface area contributed by atoms with Crippen LogP contribution in [0.3, 0.4) is 0 Å². The summed E-state index contributed by atoms with van der Waals surface area (Å²) in [5, 5.41) is 10.7. The van der Waals surface area contributed by atoms with E-state index in [9.17, 15) is 9.90 Å². The highest BCUT2D eigenvalue weighted by Crippen LogP contribution is 2.45. The van der Waals surface area contributed by atoms with Gasteiger partial charge in [-0.05, 0) is 38.2 Å². The van der Waals surface area contributed by atoms with E-state index in [2.05, 4.69) is 4.90 Å². The lowest BCUT2D eigenvalue weighted by Crippen LogP contribution is -2.32. The number of anilines is 1. The first-order valence-electron chi connectivity index (χ1n) is 9.98. The summed E-state index contributed by atoms with van der Waals surface area (Å²) in [5.74, 6) is 1.16. The van der Waals surface area contributed by atoms with Gasteiger partial charge in [-0.3, -0.25) is 4.79 Å². The van der Waals surface area contributed by atoms with Crippen molar-refractivity contribution in [3.05, 3.63) is 51.1 Å². The summed E-state index contributed by atoms with van der Waals surface area (Å²) in [6.45, 7) is 0.784. The van der Waals surface area contributed by atoms with Crippen molar-refractivity contribution in [2.24, 2.45) is 0 Å². The zero-order valence-electron chi connectivity index (χ0n) is 17.6. The highest BCUT2D eigenvalue weighted by molar-refractivity contribution is 6.33. The molecule has 2 aromatic carbocycles. The third kappa shape index (κ3) is 3.63. The summed E-state index contributed by atoms with van der Waals surface area (Å²) in [5.41, 5.74) is 7.76. The zero-order chi connectivity index (χ0) is 22.3. The van der Waals surface area contributed by atoms with E-state index < -0.39 is 0 Å². The molecule has 2 atom stereocenters.